The molecule has 2 nitrogen and oxygen atoms in total. The van der Waals surface area contributed by atoms with Crippen LogP contribution in [0.2, 0.25) is 0 Å². The molecule has 2 aromatic carbocycles. The maximum Gasteiger partial charge on any atom is 0.226 e. The fourth-order valence-electron chi connectivity index (χ4n) is 4.50. The van der Waals surface area contributed by atoms with E-state index in [1.807, 2.05) is 0 Å². The minimum Gasteiger partial charge on any atom is -0.331 e. The van der Waals surface area contributed by atoms with Crippen molar-refractivity contribution in [3.05, 3.63) is 70.8 Å². The van der Waals surface area contributed by atoms with E-state index in [1.165, 1.54) is 41.5 Å². The van der Waals surface area contributed by atoms with E-state index in [2.05, 4.69) is 60.4 Å². The molecular formula is C23H27NO. The standard InChI is InChI=1S/C23H27NO/c1-17-11-13-19(14-12-17)22-21-10-6-5-7-18(21)15-16-24(22)23(25)20-8-3-2-4-9-20/h5-7,10-14,20,22H,2-4,8-9,15-16H2,1H3/t22-/m1/s1. The molecule has 2 heteroatoms. The van der Waals surface area contributed by atoms with E-state index in [4.69, 9.17) is 0 Å². The van der Waals surface area contributed by atoms with E-state index >= 15 is 0 Å². The second kappa shape index (κ2) is 7.03. The summed E-state index contributed by atoms with van der Waals surface area (Å²) in [5, 5.41) is 0. The summed E-state index contributed by atoms with van der Waals surface area (Å²) in [7, 11) is 0. The molecular weight excluding hydrogens is 306 g/mol. The molecule has 0 unspecified atom stereocenters. The van der Waals surface area contributed by atoms with E-state index < -0.39 is 0 Å². The summed E-state index contributed by atoms with van der Waals surface area (Å²) in [5.74, 6) is 0.603. The van der Waals surface area contributed by atoms with Crippen molar-refractivity contribution in [3.63, 3.8) is 0 Å². The van der Waals surface area contributed by atoms with Gasteiger partial charge in [-0.25, -0.2) is 0 Å². The Labute approximate surface area is 150 Å². The van der Waals surface area contributed by atoms with Gasteiger partial charge in [0.2, 0.25) is 5.91 Å². The third-order valence-electron chi connectivity index (χ3n) is 5.91. The lowest BCUT2D eigenvalue weighted by molar-refractivity contribution is -0.138. The maximum atomic E-state index is 13.3. The summed E-state index contributed by atoms with van der Waals surface area (Å²) in [6, 6.07) is 17.4. The molecule has 1 saturated carbocycles. The van der Waals surface area contributed by atoms with Crippen molar-refractivity contribution in [1.29, 1.82) is 0 Å². The molecule has 0 radical (unpaired) electrons. The van der Waals surface area contributed by atoms with Crippen LogP contribution >= 0.6 is 0 Å². The Balaban J connectivity index is 1.72. The van der Waals surface area contributed by atoms with E-state index in [9.17, 15) is 4.79 Å². The molecule has 1 aliphatic heterocycles. The first-order valence-corrected chi connectivity index (χ1v) is 9.69. The third-order valence-corrected chi connectivity index (χ3v) is 5.91. The van der Waals surface area contributed by atoms with Crippen molar-refractivity contribution in [2.75, 3.05) is 6.54 Å². The van der Waals surface area contributed by atoms with Gasteiger partial charge in [0.25, 0.3) is 0 Å². The SMILES string of the molecule is Cc1ccc([C@@H]2c3ccccc3CCN2C(=O)C2CCCCC2)cc1. The Morgan fingerprint density at radius 3 is 2.44 bits per heavy atom. The van der Waals surface area contributed by atoms with Crippen LogP contribution in [0.4, 0.5) is 0 Å². The van der Waals surface area contributed by atoms with Crippen LogP contribution in [-0.2, 0) is 11.2 Å². The first-order chi connectivity index (χ1) is 12.2. The van der Waals surface area contributed by atoms with Gasteiger partial charge in [0, 0.05) is 12.5 Å². The number of carbonyl (C=O) groups is 1. The highest BCUT2D eigenvalue weighted by Gasteiger charge is 2.35. The highest BCUT2D eigenvalue weighted by molar-refractivity contribution is 5.80. The Morgan fingerprint density at radius 2 is 1.68 bits per heavy atom. The van der Waals surface area contributed by atoms with Gasteiger partial charge in [-0.1, -0.05) is 73.4 Å². The van der Waals surface area contributed by atoms with Crippen molar-refractivity contribution in [1.82, 2.24) is 4.90 Å². The maximum absolute atomic E-state index is 13.3. The Hall–Kier alpha value is -2.09. The average molecular weight is 333 g/mol. The number of rotatable bonds is 2. The normalized spacial score (nSPS) is 21.0. The predicted octanol–water partition coefficient (Wildman–Crippen LogP) is 5.05. The molecule has 0 spiro atoms. The van der Waals surface area contributed by atoms with Gasteiger partial charge in [0.15, 0.2) is 0 Å². The number of hydrogen-bond donors (Lipinski definition) is 0. The zero-order chi connectivity index (χ0) is 17.2. The Morgan fingerprint density at radius 1 is 0.960 bits per heavy atom. The van der Waals surface area contributed by atoms with E-state index in [1.54, 1.807) is 0 Å². The van der Waals surface area contributed by atoms with Crippen LogP contribution in [0.1, 0.15) is 60.4 Å². The molecule has 0 saturated heterocycles. The van der Waals surface area contributed by atoms with Crippen LogP contribution in [-0.4, -0.2) is 17.4 Å². The van der Waals surface area contributed by atoms with E-state index in [0.717, 1.165) is 25.8 Å². The zero-order valence-corrected chi connectivity index (χ0v) is 15.1. The number of nitrogens with zero attached hydrogens (tertiary/aromatic N) is 1. The topological polar surface area (TPSA) is 20.3 Å². The molecule has 4 rings (SSSR count). The fourth-order valence-corrected chi connectivity index (χ4v) is 4.50. The summed E-state index contributed by atoms with van der Waals surface area (Å²) in [4.78, 5) is 15.5. The number of carbonyl (C=O) groups excluding carboxylic acids is 1. The van der Waals surface area contributed by atoms with Crippen molar-refractivity contribution < 1.29 is 4.79 Å². The van der Waals surface area contributed by atoms with Gasteiger partial charge in [-0.05, 0) is 42.9 Å². The van der Waals surface area contributed by atoms with Crippen LogP contribution in [0.3, 0.4) is 0 Å². The molecule has 1 aliphatic carbocycles. The second-order valence-electron chi connectivity index (χ2n) is 7.63. The molecule has 1 amide bonds. The van der Waals surface area contributed by atoms with Crippen molar-refractivity contribution >= 4 is 5.91 Å². The van der Waals surface area contributed by atoms with Gasteiger partial charge in [0.05, 0.1) is 6.04 Å². The summed E-state index contributed by atoms with van der Waals surface area (Å²) >= 11 is 0. The molecule has 1 heterocycles. The fraction of sp³-hybridized carbons (Fsp3) is 0.435. The predicted molar refractivity (Wildman–Crippen MR) is 101 cm³/mol. The van der Waals surface area contributed by atoms with Gasteiger partial charge in [-0.15, -0.1) is 0 Å². The van der Waals surface area contributed by atoms with E-state index in [-0.39, 0.29) is 12.0 Å². The lowest BCUT2D eigenvalue weighted by Gasteiger charge is -2.40. The Bertz CT molecular complexity index is 743. The van der Waals surface area contributed by atoms with Crippen LogP contribution in [0.5, 0.6) is 0 Å². The zero-order valence-electron chi connectivity index (χ0n) is 15.1. The summed E-state index contributed by atoms with van der Waals surface area (Å²) < 4.78 is 0. The lowest BCUT2D eigenvalue weighted by atomic mass is 9.84. The van der Waals surface area contributed by atoms with Crippen molar-refractivity contribution in [2.24, 2.45) is 5.92 Å². The molecule has 0 bridgehead atoms. The van der Waals surface area contributed by atoms with Gasteiger partial charge < -0.3 is 4.90 Å². The van der Waals surface area contributed by atoms with Crippen LogP contribution in [0, 0.1) is 12.8 Å². The average Bonchev–Trinajstić information content (AvgIpc) is 2.68. The van der Waals surface area contributed by atoms with E-state index in [0.29, 0.717) is 5.91 Å². The third kappa shape index (κ3) is 3.22. The minimum atomic E-state index is 0.0694. The highest BCUT2D eigenvalue weighted by atomic mass is 16.2. The molecule has 130 valence electrons. The first-order valence-electron chi connectivity index (χ1n) is 9.69. The summed E-state index contributed by atoms with van der Waals surface area (Å²) in [6.07, 6.45) is 6.80. The summed E-state index contributed by atoms with van der Waals surface area (Å²) in [6.45, 7) is 2.95. The molecule has 0 aromatic heterocycles. The number of hydrogen-bond acceptors (Lipinski definition) is 1. The number of fused-ring (bicyclic) bond motifs is 1. The highest BCUT2D eigenvalue weighted by Crippen LogP contribution is 2.37. The molecule has 1 fully saturated rings. The van der Waals surface area contributed by atoms with Crippen LogP contribution in [0.25, 0.3) is 0 Å². The quantitative estimate of drug-likeness (QED) is 0.753. The second-order valence-corrected chi connectivity index (χ2v) is 7.63. The molecule has 0 N–H and O–H groups in total. The molecule has 2 aromatic rings. The van der Waals surface area contributed by atoms with Crippen molar-refractivity contribution in [2.45, 2.75) is 51.5 Å². The molecule has 1 atom stereocenters. The smallest absolute Gasteiger partial charge is 0.226 e. The van der Waals surface area contributed by atoms with Gasteiger partial charge in [0.1, 0.15) is 0 Å². The van der Waals surface area contributed by atoms with Gasteiger partial charge >= 0.3 is 0 Å². The lowest BCUT2D eigenvalue weighted by Crippen LogP contribution is -2.44. The Kier molecular flexibility index (Phi) is 4.61. The van der Waals surface area contributed by atoms with Gasteiger partial charge in [-0.3, -0.25) is 4.79 Å². The van der Waals surface area contributed by atoms with Crippen molar-refractivity contribution in [3.8, 4) is 0 Å². The summed E-state index contributed by atoms with van der Waals surface area (Å²) in [5.41, 5.74) is 5.20. The largest absolute Gasteiger partial charge is 0.331 e. The number of amides is 1. The molecule has 25 heavy (non-hydrogen) atoms. The van der Waals surface area contributed by atoms with Gasteiger partial charge in [-0.2, -0.15) is 0 Å². The first kappa shape index (κ1) is 16.4. The molecule has 2 aliphatic rings. The number of benzene rings is 2. The monoisotopic (exact) mass is 333 g/mol. The number of aryl methyl sites for hydroxylation is 1. The minimum absolute atomic E-state index is 0.0694. The van der Waals surface area contributed by atoms with Crippen LogP contribution in [0.15, 0.2) is 48.5 Å². The van der Waals surface area contributed by atoms with Crippen LogP contribution < -0.4 is 0 Å².